The first-order valence-electron chi connectivity index (χ1n) is 12.3. The second kappa shape index (κ2) is 11.7. The predicted octanol–water partition coefficient (Wildman–Crippen LogP) is 8.26. The molecule has 0 aromatic rings. The number of allylic oxidation sites excluding steroid dienone is 6. The summed E-state index contributed by atoms with van der Waals surface area (Å²) in [7, 11) is 0. The zero-order valence-electron chi connectivity index (χ0n) is 18.2. The first-order valence-corrected chi connectivity index (χ1v) is 14.0. The molecule has 31 heavy (non-hydrogen) atoms. The molecule has 1 heterocycles. The molecular weight excluding hydrogens is 470 g/mol. The lowest BCUT2D eigenvalue weighted by Gasteiger charge is -2.19. The molecule has 1 aliphatic heterocycles. The van der Waals surface area contributed by atoms with Crippen LogP contribution in [0.1, 0.15) is 64.2 Å². The van der Waals surface area contributed by atoms with E-state index in [4.69, 9.17) is 51.1 Å². The second-order valence-electron chi connectivity index (χ2n) is 9.88. The first kappa shape index (κ1) is 24.5. The number of halogens is 4. The molecule has 0 bridgehead atoms. The lowest BCUT2D eigenvalue weighted by Crippen LogP contribution is -2.13. The molecule has 7 aliphatic rings. The van der Waals surface area contributed by atoms with Gasteiger partial charge in [0.25, 0.3) is 0 Å². The minimum atomic E-state index is 0.407. The first-order chi connectivity index (χ1) is 15.1. The highest BCUT2D eigenvalue weighted by Crippen LogP contribution is 2.60. The summed E-state index contributed by atoms with van der Waals surface area (Å²) in [6.07, 6.45) is 26.3. The Morgan fingerprint density at radius 2 is 1.26 bits per heavy atom. The van der Waals surface area contributed by atoms with Crippen molar-refractivity contribution in [2.24, 2.45) is 23.7 Å². The van der Waals surface area contributed by atoms with Crippen molar-refractivity contribution in [2.75, 3.05) is 0 Å². The minimum absolute atomic E-state index is 0.407. The number of hydrogen-bond donors (Lipinski definition) is 0. The van der Waals surface area contributed by atoms with E-state index in [9.17, 15) is 0 Å². The summed E-state index contributed by atoms with van der Waals surface area (Å²) in [5, 5.41) is 1.78. The lowest BCUT2D eigenvalue weighted by atomic mass is 10.00. The highest BCUT2D eigenvalue weighted by atomic mass is 35.5. The molecule has 5 heteroatoms. The summed E-state index contributed by atoms with van der Waals surface area (Å²) in [5.41, 5.74) is 0. The Hall–Kier alpha value is 0.340. The molecular formula is C26H36Cl4O. The number of hydrogen-bond acceptors (Lipinski definition) is 1. The Morgan fingerprint density at radius 1 is 0.613 bits per heavy atom. The van der Waals surface area contributed by atoms with Gasteiger partial charge in [-0.3, -0.25) is 0 Å². The van der Waals surface area contributed by atoms with Gasteiger partial charge in [0.05, 0.1) is 12.2 Å². The molecule has 4 saturated carbocycles. The number of ether oxygens (including phenoxy) is 1. The van der Waals surface area contributed by atoms with Gasteiger partial charge in [0.2, 0.25) is 0 Å². The van der Waals surface area contributed by atoms with E-state index in [2.05, 4.69) is 36.5 Å². The fraction of sp³-hybridized carbons (Fsp3) is 0.769. The molecule has 0 spiro atoms. The quantitative estimate of drug-likeness (QED) is 0.183. The zero-order chi connectivity index (χ0) is 21.8. The Kier molecular flexibility index (Phi) is 9.20. The Balaban J connectivity index is 0.000000101. The third-order valence-electron chi connectivity index (χ3n) is 7.54. The molecule has 8 atom stereocenters. The van der Waals surface area contributed by atoms with Crippen LogP contribution in [0.2, 0.25) is 0 Å². The molecule has 0 aromatic carbocycles. The predicted molar refractivity (Wildman–Crippen MR) is 135 cm³/mol. The van der Waals surface area contributed by atoms with E-state index in [1.165, 1.54) is 38.5 Å². The van der Waals surface area contributed by atoms with Crippen molar-refractivity contribution in [3.8, 4) is 0 Å². The van der Waals surface area contributed by atoms with E-state index in [1.54, 1.807) is 0 Å². The maximum Gasteiger partial charge on any atom is 0.0887 e. The number of alkyl halides is 4. The minimum Gasteiger partial charge on any atom is -0.369 e. The van der Waals surface area contributed by atoms with E-state index in [1.807, 2.05) is 0 Å². The lowest BCUT2D eigenvalue weighted by molar-refractivity contribution is 0.361. The molecule has 174 valence electrons. The molecule has 6 aliphatic carbocycles. The maximum atomic E-state index is 6.00. The van der Waals surface area contributed by atoms with Crippen molar-refractivity contribution in [2.45, 2.75) is 97.9 Å². The van der Waals surface area contributed by atoms with Crippen LogP contribution in [0.3, 0.4) is 0 Å². The van der Waals surface area contributed by atoms with Crippen LogP contribution in [0.15, 0.2) is 36.5 Å². The van der Waals surface area contributed by atoms with Gasteiger partial charge in [0, 0.05) is 27.4 Å². The van der Waals surface area contributed by atoms with Gasteiger partial charge in [-0.25, -0.2) is 0 Å². The molecule has 0 radical (unpaired) electrons. The van der Waals surface area contributed by atoms with Crippen molar-refractivity contribution >= 4 is 46.4 Å². The summed E-state index contributed by atoms with van der Waals surface area (Å²) in [6.45, 7) is 0. The largest absolute Gasteiger partial charge is 0.369 e. The molecule has 0 amide bonds. The summed E-state index contributed by atoms with van der Waals surface area (Å²) in [4.78, 5) is 0. The third kappa shape index (κ3) is 7.16. The standard InChI is InChI=1S/C7H9ClO.C7H9Cl.C6H10Cl2.C6H8/c8-6-3-1-2-4-7(9-4)5(3)6;8-7-5-3-1-2-4-6(5)7;7-5-1-2-6(8)4-3-5;1-2-4-6-5-3-1/h3-7H,1-2H2;1,3,5-7H,2,4H2;5-6H,1-4H2;1-4H,5-6H2/t3?,4?,5?,6?,7-;;;/m0.../s1. The molecule has 1 saturated heterocycles. The summed E-state index contributed by atoms with van der Waals surface area (Å²) >= 11 is 23.6. The molecule has 5 fully saturated rings. The molecule has 7 rings (SSSR count). The number of epoxide rings is 1. The summed E-state index contributed by atoms with van der Waals surface area (Å²) in [5.74, 6) is 3.19. The van der Waals surface area contributed by atoms with Gasteiger partial charge >= 0.3 is 0 Å². The van der Waals surface area contributed by atoms with Crippen molar-refractivity contribution < 1.29 is 4.74 Å². The van der Waals surface area contributed by atoms with Gasteiger partial charge < -0.3 is 4.74 Å². The van der Waals surface area contributed by atoms with Crippen LogP contribution >= 0.6 is 46.4 Å². The van der Waals surface area contributed by atoms with Gasteiger partial charge in [0.1, 0.15) is 0 Å². The zero-order valence-corrected chi connectivity index (χ0v) is 21.3. The van der Waals surface area contributed by atoms with Crippen LogP contribution in [0.5, 0.6) is 0 Å². The number of rotatable bonds is 0. The second-order valence-corrected chi connectivity index (χ2v) is 12.1. The fourth-order valence-electron chi connectivity index (χ4n) is 5.27. The Labute approximate surface area is 208 Å². The van der Waals surface area contributed by atoms with Gasteiger partial charge in [-0.15, -0.1) is 46.4 Å². The van der Waals surface area contributed by atoms with Crippen molar-refractivity contribution in [3.05, 3.63) is 36.5 Å². The average molecular weight is 506 g/mol. The average Bonchev–Trinajstić information content (AvgIpc) is 3.75. The van der Waals surface area contributed by atoms with Gasteiger partial charge in [-0.05, 0) is 82.0 Å². The number of fused-ring (bicyclic) bond motifs is 4. The van der Waals surface area contributed by atoms with E-state index in [0.717, 1.165) is 49.4 Å². The summed E-state index contributed by atoms with van der Waals surface area (Å²) in [6, 6.07) is 0. The van der Waals surface area contributed by atoms with Crippen LogP contribution in [0.4, 0.5) is 0 Å². The Bertz CT molecular complexity index is 630. The van der Waals surface area contributed by atoms with E-state index >= 15 is 0 Å². The summed E-state index contributed by atoms with van der Waals surface area (Å²) < 4.78 is 5.42. The van der Waals surface area contributed by atoms with Gasteiger partial charge in [-0.1, -0.05) is 36.5 Å². The molecule has 0 N–H and O–H groups in total. The molecule has 1 nitrogen and oxygen atoms in total. The van der Waals surface area contributed by atoms with Crippen molar-refractivity contribution in [1.82, 2.24) is 0 Å². The smallest absolute Gasteiger partial charge is 0.0887 e. The fourth-order valence-corrected chi connectivity index (χ4v) is 6.80. The molecule has 7 unspecified atom stereocenters. The van der Waals surface area contributed by atoms with Gasteiger partial charge in [0.15, 0.2) is 0 Å². The normalized spacial score (nSPS) is 46.8. The van der Waals surface area contributed by atoms with E-state index in [-0.39, 0.29) is 0 Å². The Morgan fingerprint density at radius 3 is 1.71 bits per heavy atom. The highest BCUT2D eigenvalue weighted by molar-refractivity contribution is 6.23. The SMILES string of the molecule is C1=CCCC=C1.ClC1C2C=CCCC12.ClC1C2CCC3O[C@@H]3C12.ClC1CCC(Cl)CC1. The monoisotopic (exact) mass is 504 g/mol. The van der Waals surface area contributed by atoms with Crippen LogP contribution in [-0.4, -0.2) is 33.7 Å². The van der Waals surface area contributed by atoms with Crippen LogP contribution < -0.4 is 0 Å². The van der Waals surface area contributed by atoms with Crippen LogP contribution in [-0.2, 0) is 4.74 Å². The highest BCUT2D eigenvalue weighted by Gasteiger charge is 2.64. The third-order valence-corrected chi connectivity index (χ3v) is 9.64. The van der Waals surface area contributed by atoms with E-state index < -0.39 is 0 Å². The maximum absolute atomic E-state index is 6.00. The van der Waals surface area contributed by atoms with Crippen molar-refractivity contribution in [1.29, 1.82) is 0 Å². The van der Waals surface area contributed by atoms with Crippen LogP contribution in [0, 0.1) is 23.7 Å². The van der Waals surface area contributed by atoms with E-state index in [0.29, 0.717) is 33.7 Å². The van der Waals surface area contributed by atoms with Crippen LogP contribution in [0.25, 0.3) is 0 Å². The topological polar surface area (TPSA) is 12.5 Å². The molecule has 0 aromatic heterocycles. The van der Waals surface area contributed by atoms with Gasteiger partial charge in [-0.2, -0.15) is 0 Å². The van der Waals surface area contributed by atoms with Crippen molar-refractivity contribution in [3.63, 3.8) is 0 Å².